The third-order valence-electron chi connectivity index (χ3n) is 4.66. The Balaban J connectivity index is 1.74. The molecule has 0 saturated carbocycles. The quantitative estimate of drug-likeness (QED) is 0.242. The van der Waals surface area contributed by atoms with Crippen LogP contribution >= 0.6 is 11.6 Å². The molecule has 9 heteroatoms. The molecule has 156 valence electrons. The van der Waals surface area contributed by atoms with Gasteiger partial charge in [-0.15, -0.1) is 5.10 Å². The highest BCUT2D eigenvalue weighted by atomic mass is 35.5. The first-order chi connectivity index (χ1) is 15.0. The Morgan fingerprint density at radius 2 is 1.94 bits per heavy atom. The molecule has 0 spiro atoms. The summed E-state index contributed by atoms with van der Waals surface area (Å²) >= 11 is 6.10. The zero-order chi connectivity index (χ0) is 22.0. The second-order valence-corrected chi connectivity index (χ2v) is 7.05. The van der Waals surface area contributed by atoms with Crippen LogP contribution in [0.1, 0.15) is 15.9 Å². The van der Waals surface area contributed by atoms with Gasteiger partial charge in [0.05, 0.1) is 40.1 Å². The normalized spacial score (nSPS) is 10.8. The van der Waals surface area contributed by atoms with Crippen molar-refractivity contribution in [1.29, 1.82) is 0 Å². The molecule has 4 rings (SSSR count). The van der Waals surface area contributed by atoms with Crippen LogP contribution in [0.15, 0.2) is 66.7 Å². The summed E-state index contributed by atoms with van der Waals surface area (Å²) in [6.45, 7) is 0.244. The van der Waals surface area contributed by atoms with E-state index >= 15 is 0 Å². The van der Waals surface area contributed by atoms with E-state index in [0.717, 1.165) is 0 Å². The number of nitrogens with zero attached hydrogens (tertiary/aromatic N) is 3. The number of carbonyl (C=O) groups excluding carboxylic acids is 1. The van der Waals surface area contributed by atoms with Crippen molar-refractivity contribution in [1.82, 2.24) is 9.78 Å². The maximum absolute atomic E-state index is 12.7. The lowest BCUT2D eigenvalue weighted by Gasteiger charge is -2.04. The van der Waals surface area contributed by atoms with Gasteiger partial charge in [0.25, 0.3) is 5.69 Å². The second kappa shape index (κ2) is 8.45. The molecular weight excluding hydrogens is 422 g/mol. The van der Waals surface area contributed by atoms with Crippen LogP contribution in [-0.4, -0.2) is 27.8 Å². The molecule has 0 unspecified atom stereocenters. The summed E-state index contributed by atoms with van der Waals surface area (Å²) in [5.41, 5.74) is 1.56. The van der Waals surface area contributed by atoms with Gasteiger partial charge in [0, 0.05) is 12.1 Å². The Hall–Kier alpha value is -3.91. The van der Waals surface area contributed by atoms with Crippen LogP contribution in [0, 0.1) is 10.1 Å². The molecule has 0 aliphatic carbocycles. The highest BCUT2D eigenvalue weighted by Gasteiger charge is 2.19. The highest BCUT2D eigenvalue weighted by molar-refractivity contribution is 6.33. The molecular formula is C22H16ClN3O5. The van der Waals surface area contributed by atoms with Crippen LogP contribution < -0.4 is 9.47 Å². The van der Waals surface area contributed by atoms with E-state index in [1.165, 1.54) is 19.2 Å². The fourth-order valence-electron chi connectivity index (χ4n) is 3.16. The number of carbonyl (C=O) groups is 1. The first-order valence-electron chi connectivity index (χ1n) is 9.21. The Bertz CT molecular complexity index is 1300. The lowest BCUT2D eigenvalue weighted by Crippen LogP contribution is -2.10. The molecule has 3 aromatic carbocycles. The molecule has 0 saturated heterocycles. The molecule has 0 radical (unpaired) electrons. The summed E-state index contributed by atoms with van der Waals surface area (Å²) in [5, 5.41) is 16.3. The van der Waals surface area contributed by atoms with E-state index in [-0.39, 0.29) is 28.7 Å². The van der Waals surface area contributed by atoms with Crippen molar-refractivity contribution in [3.63, 3.8) is 0 Å². The van der Waals surface area contributed by atoms with Crippen molar-refractivity contribution in [3.05, 3.63) is 93.0 Å². The number of ether oxygens (including phenoxy) is 2. The second-order valence-electron chi connectivity index (χ2n) is 6.64. The average Bonchev–Trinajstić information content (AvgIpc) is 3.10. The number of halogens is 1. The highest BCUT2D eigenvalue weighted by Crippen LogP contribution is 2.30. The van der Waals surface area contributed by atoms with Crippen LogP contribution in [0.25, 0.3) is 10.9 Å². The first-order valence-corrected chi connectivity index (χ1v) is 9.58. The maximum Gasteiger partial charge on any atom is 0.346 e. The smallest absolute Gasteiger partial charge is 0.346 e. The van der Waals surface area contributed by atoms with Crippen molar-refractivity contribution in [2.75, 3.05) is 7.11 Å². The van der Waals surface area contributed by atoms with Crippen molar-refractivity contribution < 1.29 is 19.2 Å². The summed E-state index contributed by atoms with van der Waals surface area (Å²) in [6.07, 6.45) is 0. The Kier molecular flexibility index (Phi) is 5.55. The molecule has 4 aromatic rings. The first kappa shape index (κ1) is 20.4. The number of rotatable bonds is 6. The minimum atomic E-state index is -0.643. The summed E-state index contributed by atoms with van der Waals surface area (Å²) in [6, 6.07) is 18.1. The van der Waals surface area contributed by atoms with Gasteiger partial charge < -0.3 is 9.47 Å². The van der Waals surface area contributed by atoms with Crippen LogP contribution in [-0.2, 0) is 6.54 Å². The van der Waals surface area contributed by atoms with Crippen LogP contribution in [0.3, 0.4) is 0 Å². The largest absolute Gasteiger partial charge is 0.497 e. The van der Waals surface area contributed by atoms with Gasteiger partial charge in [0.1, 0.15) is 5.75 Å². The predicted octanol–water partition coefficient (Wildman–Crippen LogP) is 4.87. The van der Waals surface area contributed by atoms with Crippen molar-refractivity contribution in [2.45, 2.75) is 6.54 Å². The van der Waals surface area contributed by atoms with E-state index in [1.54, 1.807) is 59.3 Å². The Morgan fingerprint density at radius 3 is 2.68 bits per heavy atom. The van der Waals surface area contributed by atoms with Crippen LogP contribution in [0.2, 0.25) is 5.02 Å². The summed E-state index contributed by atoms with van der Waals surface area (Å²) < 4.78 is 12.5. The molecule has 0 atom stereocenters. The molecule has 0 amide bonds. The summed E-state index contributed by atoms with van der Waals surface area (Å²) in [7, 11) is 1.53. The number of nitro benzene ring substituents is 1. The van der Waals surface area contributed by atoms with Crippen LogP contribution in [0.5, 0.6) is 11.6 Å². The van der Waals surface area contributed by atoms with E-state index < -0.39 is 10.9 Å². The lowest BCUT2D eigenvalue weighted by atomic mass is 10.2. The number of non-ortho nitro benzene ring substituents is 1. The van der Waals surface area contributed by atoms with Gasteiger partial charge in [-0.25, -0.2) is 4.79 Å². The van der Waals surface area contributed by atoms with Gasteiger partial charge in [-0.2, -0.15) is 0 Å². The monoisotopic (exact) mass is 437 g/mol. The Morgan fingerprint density at radius 1 is 1.13 bits per heavy atom. The number of nitro groups is 1. The van der Waals surface area contributed by atoms with Gasteiger partial charge in [-0.1, -0.05) is 35.9 Å². The standard InChI is InChI=1S/C22H16ClN3O5/c1-30-16-9-10-20-18(12-16)21(31-22(27)17-7-2-3-8-19(17)23)24-25(20)13-14-5-4-6-15(11-14)26(28)29/h2-12H,13H2,1H3. The summed E-state index contributed by atoms with van der Waals surface area (Å²) in [4.78, 5) is 23.3. The molecule has 8 nitrogen and oxygen atoms in total. The third kappa shape index (κ3) is 4.19. The minimum Gasteiger partial charge on any atom is -0.497 e. The van der Waals surface area contributed by atoms with Gasteiger partial charge in [-0.05, 0) is 35.9 Å². The molecule has 0 bridgehead atoms. The summed E-state index contributed by atoms with van der Waals surface area (Å²) in [5.74, 6) is 0.0111. The SMILES string of the molecule is COc1ccc2c(c1)c(OC(=O)c1ccccc1Cl)nn2Cc1cccc([N+](=O)[O-])c1. The van der Waals surface area contributed by atoms with Crippen molar-refractivity contribution in [3.8, 4) is 11.6 Å². The number of methoxy groups -OCH3 is 1. The van der Waals surface area contributed by atoms with E-state index in [2.05, 4.69) is 5.10 Å². The van der Waals surface area contributed by atoms with Crippen molar-refractivity contribution >= 4 is 34.2 Å². The molecule has 0 aliphatic heterocycles. The average molecular weight is 438 g/mol. The number of esters is 1. The van der Waals surface area contributed by atoms with Crippen LogP contribution in [0.4, 0.5) is 5.69 Å². The van der Waals surface area contributed by atoms with E-state index in [0.29, 0.717) is 22.2 Å². The van der Waals surface area contributed by atoms with E-state index in [4.69, 9.17) is 21.1 Å². The van der Waals surface area contributed by atoms with E-state index in [1.807, 2.05) is 0 Å². The number of hydrogen-bond acceptors (Lipinski definition) is 6. The fourth-order valence-corrected chi connectivity index (χ4v) is 3.38. The lowest BCUT2D eigenvalue weighted by molar-refractivity contribution is -0.384. The van der Waals surface area contributed by atoms with E-state index in [9.17, 15) is 14.9 Å². The number of aromatic nitrogens is 2. The molecule has 0 N–H and O–H groups in total. The maximum atomic E-state index is 12.7. The zero-order valence-electron chi connectivity index (χ0n) is 16.3. The van der Waals surface area contributed by atoms with Crippen molar-refractivity contribution in [2.24, 2.45) is 0 Å². The number of fused-ring (bicyclic) bond motifs is 1. The molecule has 31 heavy (non-hydrogen) atoms. The van der Waals surface area contributed by atoms with Gasteiger partial charge in [-0.3, -0.25) is 14.8 Å². The molecule has 0 aliphatic rings. The Labute approximate surface area is 181 Å². The predicted molar refractivity (Wildman–Crippen MR) is 115 cm³/mol. The topological polar surface area (TPSA) is 96.5 Å². The zero-order valence-corrected chi connectivity index (χ0v) is 17.1. The minimum absolute atomic E-state index is 0.0130. The fraction of sp³-hybridized carbons (Fsp3) is 0.0909. The number of benzene rings is 3. The molecule has 1 heterocycles. The molecule has 1 aromatic heterocycles. The van der Waals surface area contributed by atoms with Gasteiger partial charge in [0.2, 0.25) is 5.88 Å². The van der Waals surface area contributed by atoms with Gasteiger partial charge in [0.15, 0.2) is 0 Å². The number of hydrogen-bond donors (Lipinski definition) is 0. The molecule has 0 fully saturated rings. The van der Waals surface area contributed by atoms with Gasteiger partial charge >= 0.3 is 5.97 Å². The third-order valence-corrected chi connectivity index (χ3v) is 4.99.